The molecule has 3 rings (SSSR count). The zero-order chi connectivity index (χ0) is 18.7. The lowest BCUT2D eigenvalue weighted by Gasteiger charge is -2.15. The van der Waals surface area contributed by atoms with Crippen LogP contribution in [0.5, 0.6) is 5.75 Å². The molecule has 1 fully saturated rings. The van der Waals surface area contributed by atoms with Gasteiger partial charge >= 0.3 is 0 Å². The summed E-state index contributed by atoms with van der Waals surface area (Å²) >= 11 is 1.35. The monoisotopic (exact) mass is 395 g/mol. The number of carbonyl (C=O) groups is 1. The Kier molecular flexibility index (Phi) is 5.59. The number of sulfonamides is 1. The van der Waals surface area contributed by atoms with Gasteiger partial charge in [-0.1, -0.05) is 12.8 Å². The highest BCUT2D eigenvalue weighted by atomic mass is 32.2. The zero-order valence-corrected chi connectivity index (χ0v) is 16.2. The molecule has 0 atom stereocenters. The first kappa shape index (κ1) is 18.8. The lowest BCUT2D eigenvalue weighted by Crippen LogP contribution is -2.33. The second kappa shape index (κ2) is 7.73. The van der Waals surface area contributed by atoms with Crippen molar-refractivity contribution in [3.63, 3.8) is 0 Å². The quantitative estimate of drug-likeness (QED) is 0.784. The highest BCUT2D eigenvalue weighted by molar-refractivity contribution is 7.89. The molecule has 0 aliphatic heterocycles. The van der Waals surface area contributed by atoms with Crippen molar-refractivity contribution in [2.75, 3.05) is 12.4 Å². The van der Waals surface area contributed by atoms with E-state index >= 15 is 0 Å². The molecule has 9 heteroatoms. The third kappa shape index (κ3) is 4.22. The number of anilines is 1. The molecule has 2 N–H and O–H groups in total. The number of benzene rings is 1. The van der Waals surface area contributed by atoms with Crippen molar-refractivity contribution < 1.29 is 17.9 Å². The van der Waals surface area contributed by atoms with Crippen molar-refractivity contribution in [3.05, 3.63) is 34.8 Å². The van der Waals surface area contributed by atoms with Crippen LogP contribution in [-0.4, -0.2) is 32.5 Å². The normalized spacial score (nSPS) is 15.2. The number of amides is 1. The first-order valence-corrected chi connectivity index (χ1v) is 10.6. The fraction of sp³-hybridized carbons (Fsp3) is 0.412. The van der Waals surface area contributed by atoms with Gasteiger partial charge in [-0.2, -0.15) is 0 Å². The molecule has 0 bridgehead atoms. The largest absolute Gasteiger partial charge is 0.495 e. The summed E-state index contributed by atoms with van der Waals surface area (Å²) < 4.78 is 33.4. The number of aryl methyl sites for hydroxylation is 1. The number of rotatable bonds is 6. The summed E-state index contributed by atoms with van der Waals surface area (Å²) in [5.41, 5.74) is 0.227. The van der Waals surface area contributed by atoms with Crippen LogP contribution in [0, 0.1) is 6.92 Å². The van der Waals surface area contributed by atoms with Crippen LogP contribution in [0.2, 0.25) is 0 Å². The van der Waals surface area contributed by atoms with E-state index in [-0.39, 0.29) is 22.3 Å². The van der Waals surface area contributed by atoms with Gasteiger partial charge in [-0.15, -0.1) is 11.3 Å². The number of aromatic nitrogens is 1. The van der Waals surface area contributed by atoms with E-state index in [9.17, 15) is 13.2 Å². The van der Waals surface area contributed by atoms with E-state index in [4.69, 9.17) is 4.74 Å². The first-order valence-electron chi connectivity index (χ1n) is 8.33. The van der Waals surface area contributed by atoms with E-state index in [2.05, 4.69) is 15.0 Å². The Hall–Kier alpha value is -1.97. The first-order chi connectivity index (χ1) is 12.4. The van der Waals surface area contributed by atoms with Crippen LogP contribution in [0.15, 0.2) is 29.3 Å². The van der Waals surface area contributed by atoms with Gasteiger partial charge in [0.2, 0.25) is 10.0 Å². The van der Waals surface area contributed by atoms with Gasteiger partial charge in [-0.25, -0.2) is 18.1 Å². The molecule has 26 heavy (non-hydrogen) atoms. The van der Waals surface area contributed by atoms with Gasteiger partial charge in [0.15, 0.2) is 5.13 Å². The molecule has 1 heterocycles. The maximum Gasteiger partial charge on any atom is 0.257 e. The standard InChI is InChI=1S/C17H21N3O4S2/c1-11-10-18-17(25-11)19-16(21)12-7-8-14(24-2)15(9-12)26(22,23)20-13-5-3-4-6-13/h7-10,13,20H,3-6H2,1-2H3,(H,18,19,21). The Morgan fingerprint density at radius 3 is 2.65 bits per heavy atom. The number of nitrogens with zero attached hydrogens (tertiary/aromatic N) is 1. The number of ether oxygens (including phenoxy) is 1. The summed E-state index contributed by atoms with van der Waals surface area (Å²) in [5, 5.41) is 3.15. The molecule has 7 nitrogen and oxygen atoms in total. The van der Waals surface area contributed by atoms with E-state index in [1.165, 1.54) is 36.6 Å². The second-order valence-corrected chi connectivity index (χ2v) is 9.12. The van der Waals surface area contributed by atoms with Crippen LogP contribution >= 0.6 is 11.3 Å². The summed E-state index contributed by atoms with van der Waals surface area (Å²) in [6.07, 6.45) is 5.34. The van der Waals surface area contributed by atoms with Crippen molar-refractivity contribution in [1.29, 1.82) is 0 Å². The summed E-state index contributed by atoms with van der Waals surface area (Å²) in [7, 11) is -2.37. The number of hydrogen-bond donors (Lipinski definition) is 2. The predicted molar refractivity (Wildman–Crippen MR) is 100 cm³/mol. The smallest absolute Gasteiger partial charge is 0.257 e. The second-order valence-electron chi connectivity index (χ2n) is 6.20. The molecule has 1 aliphatic rings. The van der Waals surface area contributed by atoms with E-state index in [1.807, 2.05) is 6.92 Å². The van der Waals surface area contributed by atoms with Crippen LogP contribution in [-0.2, 0) is 10.0 Å². The van der Waals surface area contributed by atoms with E-state index in [0.29, 0.717) is 5.13 Å². The zero-order valence-electron chi connectivity index (χ0n) is 14.6. The molecule has 1 saturated carbocycles. The minimum atomic E-state index is -3.78. The highest BCUT2D eigenvalue weighted by Crippen LogP contribution is 2.28. The molecule has 1 aromatic heterocycles. The molecular weight excluding hydrogens is 374 g/mol. The molecule has 0 unspecified atom stereocenters. The molecule has 140 valence electrons. The van der Waals surface area contributed by atoms with Crippen LogP contribution in [0.25, 0.3) is 0 Å². The number of carbonyl (C=O) groups excluding carboxylic acids is 1. The van der Waals surface area contributed by atoms with E-state index < -0.39 is 15.9 Å². The third-order valence-corrected chi connectivity index (χ3v) is 6.60. The van der Waals surface area contributed by atoms with Gasteiger partial charge in [0.1, 0.15) is 10.6 Å². The van der Waals surface area contributed by atoms with Crippen molar-refractivity contribution in [2.45, 2.75) is 43.5 Å². The third-order valence-electron chi connectivity index (χ3n) is 4.23. The average Bonchev–Trinajstić information content (AvgIpc) is 3.25. The molecule has 2 aromatic rings. The lowest BCUT2D eigenvalue weighted by atomic mass is 10.2. The summed E-state index contributed by atoms with van der Waals surface area (Å²) in [5.74, 6) is -0.212. The average molecular weight is 396 g/mol. The molecule has 1 aliphatic carbocycles. The van der Waals surface area contributed by atoms with E-state index in [1.54, 1.807) is 6.20 Å². The fourth-order valence-electron chi connectivity index (χ4n) is 2.94. The van der Waals surface area contributed by atoms with Crippen molar-refractivity contribution in [3.8, 4) is 5.75 Å². The fourth-order valence-corrected chi connectivity index (χ4v) is 5.10. The Morgan fingerprint density at radius 2 is 2.04 bits per heavy atom. The van der Waals surface area contributed by atoms with Gasteiger partial charge in [0.05, 0.1) is 7.11 Å². The Bertz CT molecular complexity index is 902. The van der Waals surface area contributed by atoms with Crippen LogP contribution in [0.4, 0.5) is 5.13 Å². The van der Waals surface area contributed by atoms with Crippen molar-refractivity contribution in [1.82, 2.24) is 9.71 Å². The maximum atomic E-state index is 12.8. The van der Waals surface area contributed by atoms with Crippen molar-refractivity contribution in [2.24, 2.45) is 0 Å². The topological polar surface area (TPSA) is 97.4 Å². The molecule has 1 aromatic carbocycles. The summed E-state index contributed by atoms with van der Waals surface area (Å²) in [4.78, 5) is 17.5. The van der Waals surface area contributed by atoms with Gasteiger partial charge in [0, 0.05) is 22.7 Å². The van der Waals surface area contributed by atoms with Crippen LogP contribution < -0.4 is 14.8 Å². The summed E-state index contributed by atoms with van der Waals surface area (Å²) in [6, 6.07) is 4.29. The number of nitrogens with one attached hydrogen (secondary N) is 2. The van der Waals surface area contributed by atoms with Crippen molar-refractivity contribution >= 4 is 32.4 Å². The minimum Gasteiger partial charge on any atom is -0.495 e. The van der Waals surface area contributed by atoms with Gasteiger partial charge < -0.3 is 4.74 Å². The minimum absolute atomic E-state index is 0.0325. The highest BCUT2D eigenvalue weighted by Gasteiger charge is 2.26. The molecular formula is C17H21N3O4S2. The maximum absolute atomic E-state index is 12.8. The van der Waals surface area contributed by atoms with Gasteiger partial charge in [0.25, 0.3) is 5.91 Å². The Labute approximate surface area is 156 Å². The summed E-state index contributed by atoms with van der Waals surface area (Å²) in [6.45, 7) is 1.89. The van der Waals surface area contributed by atoms with Crippen LogP contribution in [0.1, 0.15) is 40.9 Å². The number of methoxy groups -OCH3 is 1. The Morgan fingerprint density at radius 1 is 1.31 bits per heavy atom. The molecule has 0 saturated heterocycles. The van der Waals surface area contributed by atoms with Gasteiger partial charge in [-0.3, -0.25) is 10.1 Å². The number of hydrogen-bond acceptors (Lipinski definition) is 6. The number of thiazole rings is 1. The lowest BCUT2D eigenvalue weighted by molar-refractivity contribution is 0.102. The molecule has 1 amide bonds. The Balaban J connectivity index is 1.86. The molecule has 0 spiro atoms. The SMILES string of the molecule is COc1ccc(C(=O)Nc2ncc(C)s2)cc1S(=O)(=O)NC1CCCC1. The molecule has 0 radical (unpaired) electrons. The predicted octanol–water partition coefficient (Wildman–Crippen LogP) is 2.93. The van der Waals surface area contributed by atoms with Gasteiger partial charge in [-0.05, 0) is 38.0 Å². The van der Waals surface area contributed by atoms with E-state index in [0.717, 1.165) is 30.6 Å². The van der Waals surface area contributed by atoms with Crippen LogP contribution in [0.3, 0.4) is 0 Å².